The van der Waals surface area contributed by atoms with Crippen molar-refractivity contribution in [3.05, 3.63) is 110 Å². The fourth-order valence-electron chi connectivity index (χ4n) is 3.73. The molecule has 0 spiro atoms. The summed E-state index contributed by atoms with van der Waals surface area (Å²) in [7, 11) is 0. The van der Waals surface area contributed by atoms with Crippen molar-refractivity contribution in [2.24, 2.45) is 10.1 Å². The van der Waals surface area contributed by atoms with Crippen molar-refractivity contribution >= 4 is 34.2 Å². The van der Waals surface area contributed by atoms with Crippen LogP contribution >= 0.6 is 11.8 Å². The molecule has 5 rings (SSSR count). The number of carbonyl (C=O) groups is 1. The van der Waals surface area contributed by atoms with Gasteiger partial charge in [0, 0.05) is 17.0 Å². The monoisotopic (exact) mass is 461 g/mol. The van der Waals surface area contributed by atoms with Gasteiger partial charge < -0.3 is 0 Å². The average Bonchev–Trinajstić information content (AvgIpc) is 2.83. The molecule has 0 fully saturated rings. The normalized spacial score (nSPS) is 16.8. The number of nitro benzene ring substituents is 1. The second-order valence-corrected chi connectivity index (χ2v) is 8.23. The van der Waals surface area contributed by atoms with Crippen molar-refractivity contribution in [1.82, 2.24) is 10.3 Å². The number of carbonyl (C=O) groups excluding carboxylic acids is 1. The summed E-state index contributed by atoms with van der Waals surface area (Å²) < 4.78 is 14.0. The largest absolute Gasteiger partial charge is 0.298 e. The van der Waals surface area contributed by atoms with Gasteiger partial charge in [0.1, 0.15) is 11.5 Å². The number of amides is 1. The highest BCUT2D eigenvalue weighted by Gasteiger charge is 2.37. The molecule has 8 nitrogen and oxygen atoms in total. The lowest BCUT2D eigenvalue weighted by molar-refractivity contribution is -0.386. The maximum atomic E-state index is 14.0. The van der Waals surface area contributed by atoms with E-state index in [4.69, 9.17) is 0 Å². The summed E-state index contributed by atoms with van der Waals surface area (Å²) in [5, 5.41) is 21.8. The molecule has 0 aromatic heterocycles. The van der Waals surface area contributed by atoms with Gasteiger partial charge in [-0.3, -0.25) is 25.2 Å². The van der Waals surface area contributed by atoms with Crippen LogP contribution in [-0.2, 0) is 10.5 Å². The van der Waals surface area contributed by atoms with Crippen LogP contribution in [0.5, 0.6) is 0 Å². The van der Waals surface area contributed by atoms with E-state index in [9.17, 15) is 19.3 Å². The van der Waals surface area contributed by atoms with Crippen LogP contribution in [-0.4, -0.2) is 21.0 Å². The third-order valence-electron chi connectivity index (χ3n) is 5.25. The molecule has 164 valence electrons. The van der Waals surface area contributed by atoms with E-state index in [1.54, 1.807) is 60.7 Å². The van der Waals surface area contributed by atoms with Crippen molar-refractivity contribution in [1.29, 1.82) is 0 Å². The van der Waals surface area contributed by atoms with Crippen molar-refractivity contribution in [2.75, 3.05) is 0 Å². The van der Waals surface area contributed by atoms with Gasteiger partial charge >= 0.3 is 0 Å². The number of thioether (sulfide) groups is 1. The van der Waals surface area contributed by atoms with E-state index in [1.165, 1.54) is 17.1 Å². The summed E-state index contributed by atoms with van der Waals surface area (Å²) in [4.78, 5) is 29.0. The number of rotatable bonds is 4. The molecule has 2 aliphatic heterocycles. The van der Waals surface area contributed by atoms with E-state index in [-0.39, 0.29) is 28.1 Å². The molecule has 10 heteroatoms. The average molecular weight is 461 g/mol. The van der Waals surface area contributed by atoms with Gasteiger partial charge in [-0.15, -0.1) is 5.10 Å². The quantitative estimate of drug-likeness (QED) is 0.476. The number of nitro groups is 1. The Labute approximate surface area is 191 Å². The molecule has 1 amide bonds. The van der Waals surface area contributed by atoms with Gasteiger partial charge in [0.05, 0.1) is 15.8 Å². The molecule has 0 saturated carbocycles. The van der Waals surface area contributed by atoms with Crippen molar-refractivity contribution in [2.45, 2.75) is 11.9 Å². The lowest BCUT2D eigenvalue weighted by atomic mass is 10.1. The zero-order valence-corrected chi connectivity index (χ0v) is 17.8. The maximum Gasteiger partial charge on any atom is 0.276 e. The van der Waals surface area contributed by atoms with Crippen LogP contribution in [0.2, 0.25) is 0 Å². The first-order valence-corrected chi connectivity index (χ1v) is 11.0. The molecular formula is C23H16FN5O3S. The molecule has 1 atom stereocenters. The zero-order valence-electron chi connectivity index (χ0n) is 17.0. The Morgan fingerprint density at radius 1 is 1.06 bits per heavy atom. The summed E-state index contributed by atoms with van der Waals surface area (Å²) in [6.45, 7) is 0. The predicted molar refractivity (Wildman–Crippen MR) is 122 cm³/mol. The van der Waals surface area contributed by atoms with Gasteiger partial charge in [-0.2, -0.15) is 0 Å². The molecule has 0 bridgehead atoms. The summed E-state index contributed by atoms with van der Waals surface area (Å²) in [5.41, 5.74) is 0.912. The molecule has 2 heterocycles. The fraction of sp³-hybridized carbons (Fsp3) is 0.0870. The highest BCUT2D eigenvalue weighted by atomic mass is 32.2. The first-order valence-electron chi connectivity index (χ1n) is 9.99. The highest BCUT2D eigenvalue weighted by Crippen LogP contribution is 2.35. The van der Waals surface area contributed by atoms with Crippen LogP contribution in [0.3, 0.4) is 0 Å². The van der Waals surface area contributed by atoms with Crippen LogP contribution in [0.4, 0.5) is 10.1 Å². The SMILES string of the molecule is O=C1NC(SCc2ccccc2F)=NN2C1=c1ccccc1=N[C@H]2c1ccccc1[N+](=O)[O-]. The van der Waals surface area contributed by atoms with Crippen molar-refractivity contribution < 1.29 is 14.1 Å². The second kappa shape index (κ2) is 8.47. The van der Waals surface area contributed by atoms with E-state index in [2.05, 4.69) is 15.4 Å². The smallest absolute Gasteiger partial charge is 0.276 e. The number of fused-ring (bicyclic) bond motifs is 2. The lowest BCUT2D eigenvalue weighted by Gasteiger charge is -2.33. The molecule has 2 aliphatic rings. The van der Waals surface area contributed by atoms with E-state index in [1.807, 2.05) is 0 Å². The standard InChI is InChI=1S/C23H16FN5O3S/c24-17-10-4-1-7-14(17)13-33-23-26-22(30)20-15-8-2-5-11-18(15)25-21(28(20)27-23)16-9-3-6-12-19(16)29(31)32/h1-12,21H,13H2,(H,26,27,30)/t21-/m1/s1. The number of hydrogen-bond acceptors (Lipinski definition) is 7. The van der Waals surface area contributed by atoms with Crippen LogP contribution in [0.1, 0.15) is 17.3 Å². The molecule has 0 saturated heterocycles. The Morgan fingerprint density at radius 2 is 1.79 bits per heavy atom. The minimum Gasteiger partial charge on any atom is -0.298 e. The Balaban J connectivity index is 1.61. The molecular weight excluding hydrogens is 445 g/mol. The van der Waals surface area contributed by atoms with Gasteiger partial charge in [0.2, 0.25) is 0 Å². The van der Waals surface area contributed by atoms with E-state index in [0.29, 0.717) is 21.7 Å². The summed E-state index contributed by atoms with van der Waals surface area (Å²) >= 11 is 1.16. The number of halogens is 1. The van der Waals surface area contributed by atoms with Gasteiger partial charge in [-0.1, -0.05) is 60.3 Å². The highest BCUT2D eigenvalue weighted by molar-refractivity contribution is 8.13. The first-order chi connectivity index (χ1) is 16.0. The molecule has 33 heavy (non-hydrogen) atoms. The summed E-state index contributed by atoms with van der Waals surface area (Å²) in [6.07, 6.45) is -0.911. The Hall–Kier alpha value is -4.05. The van der Waals surface area contributed by atoms with Crippen LogP contribution in [0.15, 0.2) is 82.9 Å². The van der Waals surface area contributed by atoms with Crippen molar-refractivity contribution in [3.8, 4) is 0 Å². The van der Waals surface area contributed by atoms with Crippen LogP contribution < -0.4 is 15.9 Å². The lowest BCUT2D eigenvalue weighted by Crippen LogP contribution is -2.50. The van der Waals surface area contributed by atoms with Crippen molar-refractivity contribution in [3.63, 3.8) is 0 Å². The minimum absolute atomic E-state index is 0.119. The van der Waals surface area contributed by atoms with E-state index >= 15 is 0 Å². The Kier molecular flexibility index (Phi) is 5.35. The third-order valence-corrected chi connectivity index (χ3v) is 6.16. The third kappa shape index (κ3) is 3.85. The molecule has 0 aliphatic carbocycles. The minimum atomic E-state index is -0.911. The predicted octanol–water partition coefficient (Wildman–Crippen LogP) is 2.81. The number of amidine groups is 1. The van der Waals surface area contributed by atoms with Gasteiger partial charge in [-0.25, -0.2) is 9.40 Å². The van der Waals surface area contributed by atoms with Gasteiger partial charge in [0.25, 0.3) is 11.6 Å². The number of nitrogens with zero attached hydrogens (tertiary/aromatic N) is 4. The van der Waals surface area contributed by atoms with E-state index in [0.717, 1.165) is 11.8 Å². The number of para-hydroxylation sites is 2. The number of hydrazone groups is 1. The van der Waals surface area contributed by atoms with E-state index < -0.39 is 17.0 Å². The number of benzene rings is 3. The zero-order chi connectivity index (χ0) is 22.9. The second-order valence-electron chi connectivity index (χ2n) is 7.27. The maximum absolute atomic E-state index is 14.0. The number of nitrogens with one attached hydrogen (secondary N) is 1. The summed E-state index contributed by atoms with van der Waals surface area (Å²) in [6, 6.07) is 19.7. The molecule has 3 aromatic rings. The fourth-order valence-corrected chi connectivity index (χ4v) is 4.57. The first kappa shape index (κ1) is 20.8. The molecule has 0 unspecified atom stereocenters. The summed E-state index contributed by atoms with van der Waals surface area (Å²) in [5.74, 6) is -0.509. The number of hydrogen-bond donors (Lipinski definition) is 1. The van der Waals surface area contributed by atoms with Crippen LogP contribution in [0.25, 0.3) is 5.70 Å². The molecule has 3 aromatic carbocycles. The Bertz CT molecular complexity index is 1440. The van der Waals surface area contributed by atoms with Gasteiger partial charge in [-0.05, 0) is 23.8 Å². The van der Waals surface area contributed by atoms with Crippen LogP contribution in [0, 0.1) is 15.9 Å². The molecule has 1 N–H and O–H groups in total. The van der Waals surface area contributed by atoms with Gasteiger partial charge in [0.15, 0.2) is 11.3 Å². The Morgan fingerprint density at radius 3 is 2.61 bits per heavy atom. The molecule has 0 radical (unpaired) electrons. The topological polar surface area (TPSA) is 100 Å².